The maximum atomic E-state index is 12.3. The molecule has 21 heavy (non-hydrogen) atoms. The number of thiophene rings is 1. The van der Waals surface area contributed by atoms with Crippen LogP contribution in [0.5, 0.6) is 0 Å². The molecule has 2 rings (SSSR count). The van der Waals surface area contributed by atoms with E-state index < -0.39 is 10.0 Å². The van der Waals surface area contributed by atoms with Crippen LogP contribution in [0.15, 0.2) is 34.7 Å². The van der Waals surface area contributed by atoms with Crippen molar-refractivity contribution in [1.29, 1.82) is 0 Å². The van der Waals surface area contributed by atoms with Gasteiger partial charge in [0.2, 0.25) is 0 Å². The highest BCUT2D eigenvalue weighted by molar-refractivity contribution is 7.92. The van der Waals surface area contributed by atoms with Crippen LogP contribution in [0.2, 0.25) is 0 Å². The van der Waals surface area contributed by atoms with Gasteiger partial charge >= 0.3 is 0 Å². The van der Waals surface area contributed by atoms with E-state index in [1.165, 1.54) is 17.5 Å². The summed E-state index contributed by atoms with van der Waals surface area (Å²) in [6.45, 7) is 6.63. The van der Waals surface area contributed by atoms with Crippen molar-refractivity contribution < 1.29 is 8.42 Å². The average Bonchev–Trinajstić information content (AvgIpc) is 2.88. The van der Waals surface area contributed by atoms with Gasteiger partial charge in [0.15, 0.2) is 0 Å². The predicted octanol–water partition coefficient (Wildman–Crippen LogP) is 2.75. The van der Waals surface area contributed by atoms with Crippen molar-refractivity contribution in [1.82, 2.24) is 10.3 Å². The molecule has 0 aliphatic heterocycles. The van der Waals surface area contributed by atoms with Crippen LogP contribution >= 0.6 is 11.3 Å². The summed E-state index contributed by atoms with van der Waals surface area (Å²) in [5.41, 5.74) is 1.31. The summed E-state index contributed by atoms with van der Waals surface area (Å²) in [6, 6.07) is 5.53. The number of hydrogen-bond acceptors (Lipinski definition) is 5. The molecule has 0 saturated heterocycles. The Kier molecular flexibility index (Phi) is 4.97. The molecule has 114 valence electrons. The van der Waals surface area contributed by atoms with Gasteiger partial charge in [0.25, 0.3) is 10.0 Å². The number of nitrogens with zero attached hydrogens (tertiary/aromatic N) is 1. The van der Waals surface area contributed by atoms with Gasteiger partial charge in [-0.2, -0.15) is 0 Å². The molecule has 0 amide bonds. The van der Waals surface area contributed by atoms with Crippen LogP contribution in [0.3, 0.4) is 0 Å². The van der Waals surface area contributed by atoms with Gasteiger partial charge in [-0.05, 0) is 25.1 Å². The number of aromatic nitrogens is 1. The first-order valence-electron chi connectivity index (χ1n) is 6.63. The van der Waals surface area contributed by atoms with Crippen molar-refractivity contribution >= 4 is 27.0 Å². The number of pyridine rings is 1. The number of nitrogens with one attached hydrogen (secondary N) is 2. The summed E-state index contributed by atoms with van der Waals surface area (Å²) in [5, 5.41) is 4.92. The Morgan fingerprint density at radius 3 is 2.71 bits per heavy atom. The minimum atomic E-state index is -3.55. The fraction of sp³-hybridized carbons (Fsp3) is 0.357. The van der Waals surface area contributed by atoms with Crippen LogP contribution in [0, 0.1) is 6.92 Å². The Balaban J connectivity index is 2.10. The van der Waals surface area contributed by atoms with Gasteiger partial charge in [0, 0.05) is 28.5 Å². The normalized spacial score (nSPS) is 11.8. The molecule has 5 nitrogen and oxygen atoms in total. The van der Waals surface area contributed by atoms with Crippen molar-refractivity contribution in [2.24, 2.45) is 0 Å². The van der Waals surface area contributed by atoms with Crippen LogP contribution in [0.1, 0.15) is 24.4 Å². The lowest BCUT2D eigenvalue weighted by Gasteiger charge is -2.06. The second kappa shape index (κ2) is 6.55. The maximum absolute atomic E-state index is 12.3. The minimum Gasteiger partial charge on any atom is -0.310 e. The fourth-order valence-electron chi connectivity index (χ4n) is 1.64. The first kappa shape index (κ1) is 15.9. The number of anilines is 1. The zero-order valence-electron chi connectivity index (χ0n) is 12.3. The van der Waals surface area contributed by atoms with Crippen LogP contribution in [0.25, 0.3) is 0 Å². The molecule has 0 bridgehead atoms. The average molecular weight is 325 g/mol. The molecule has 0 spiro atoms. The second-order valence-corrected chi connectivity index (χ2v) is 7.76. The predicted molar refractivity (Wildman–Crippen MR) is 86.1 cm³/mol. The van der Waals surface area contributed by atoms with Crippen molar-refractivity contribution in [2.45, 2.75) is 38.3 Å². The van der Waals surface area contributed by atoms with Gasteiger partial charge in [-0.3, -0.25) is 9.71 Å². The lowest BCUT2D eigenvalue weighted by atomic mass is 10.4. The quantitative estimate of drug-likeness (QED) is 0.857. The monoisotopic (exact) mass is 325 g/mol. The highest BCUT2D eigenvalue weighted by atomic mass is 32.2. The van der Waals surface area contributed by atoms with Gasteiger partial charge in [0.05, 0.1) is 16.8 Å². The van der Waals surface area contributed by atoms with Crippen molar-refractivity contribution in [2.75, 3.05) is 4.72 Å². The van der Waals surface area contributed by atoms with Gasteiger partial charge in [0.1, 0.15) is 0 Å². The fourth-order valence-corrected chi connectivity index (χ4v) is 3.91. The summed E-state index contributed by atoms with van der Waals surface area (Å²) in [4.78, 5) is 5.35. The number of rotatable bonds is 6. The van der Waals surface area contributed by atoms with E-state index in [1.54, 1.807) is 23.6 Å². The number of aryl methyl sites for hydroxylation is 1. The summed E-state index contributed by atoms with van der Waals surface area (Å²) >= 11 is 1.43. The van der Waals surface area contributed by atoms with Gasteiger partial charge in [-0.1, -0.05) is 13.8 Å². The van der Waals surface area contributed by atoms with Crippen molar-refractivity contribution in [3.63, 3.8) is 0 Å². The van der Waals surface area contributed by atoms with E-state index in [0.717, 1.165) is 10.6 Å². The Morgan fingerprint density at radius 1 is 1.33 bits per heavy atom. The third-order valence-corrected chi connectivity index (χ3v) is 5.23. The van der Waals surface area contributed by atoms with E-state index in [4.69, 9.17) is 0 Å². The van der Waals surface area contributed by atoms with Gasteiger partial charge < -0.3 is 5.32 Å². The lowest BCUT2D eigenvalue weighted by molar-refractivity contribution is 0.592. The third kappa shape index (κ3) is 4.52. The Bertz CT molecular complexity index is 691. The van der Waals surface area contributed by atoms with Gasteiger partial charge in [-0.15, -0.1) is 11.3 Å². The highest BCUT2D eigenvalue weighted by Crippen LogP contribution is 2.22. The maximum Gasteiger partial charge on any atom is 0.262 e. The Hall–Kier alpha value is -1.44. The first-order chi connectivity index (χ1) is 9.87. The Labute approximate surface area is 129 Å². The summed E-state index contributed by atoms with van der Waals surface area (Å²) < 4.78 is 27.1. The molecule has 2 heterocycles. The highest BCUT2D eigenvalue weighted by Gasteiger charge is 2.16. The molecule has 0 radical (unpaired) electrons. The molecule has 2 aromatic rings. The second-order valence-electron chi connectivity index (χ2n) is 5.08. The topological polar surface area (TPSA) is 71.1 Å². The first-order valence-corrected chi connectivity index (χ1v) is 8.99. The third-order valence-electron chi connectivity index (χ3n) is 2.79. The molecule has 0 fully saturated rings. The van der Waals surface area contributed by atoms with E-state index in [1.807, 2.05) is 6.92 Å². The van der Waals surface area contributed by atoms with Crippen molar-refractivity contribution in [3.8, 4) is 0 Å². The summed E-state index contributed by atoms with van der Waals surface area (Å²) in [6.07, 6.45) is 1.51. The molecule has 0 atom stereocenters. The van der Waals surface area contributed by atoms with Crippen molar-refractivity contribution in [3.05, 3.63) is 40.3 Å². The zero-order chi connectivity index (χ0) is 15.5. The van der Waals surface area contributed by atoms with E-state index in [0.29, 0.717) is 18.3 Å². The Morgan fingerprint density at radius 2 is 2.10 bits per heavy atom. The minimum absolute atomic E-state index is 0.286. The summed E-state index contributed by atoms with van der Waals surface area (Å²) in [7, 11) is -3.55. The largest absolute Gasteiger partial charge is 0.310 e. The molecule has 7 heteroatoms. The SMILES string of the molecule is Cc1ccc(NS(=O)(=O)c2csc(CNC(C)C)c2)cn1. The molecule has 0 aliphatic rings. The molecule has 0 aliphatic carbocycles. The smallest absolute Gasteiger partial charge is 0.262 e. The molecule has 2 N–H and O–H groups in total. The molecule has 2 aromatic heterocycles. The standard InChI is InChI=1S/C14H19N3O2S2/c1-10(2)15-8-13-6-14(9-20-13)21(18,19)17-12-5-4-11(3)16-7-12/h4-7,9-10,15,17H,8H2,1-3H3. The van der Waals surface area contributed by atoms with Crippen LogP contribution in [-0.2, 0) is 16.6 Å². The molecular weight excluding hydrogens is 306 g/mol. The molecule has 0 unspecified atom stereocenters. The van der Waals surface area contributed by atoms with Crippen LogP contribution in [-0.4, -0.2) is 19.4 Å². The van der Waals surface area contributed by atoms with Crippen LogP contribution in [0.4, 0.5) is 5.69 Å². The van der Waals surface area contributed by atoms with Gasteiger partial charge in [-0.25, -0.2) is 8.42 Å². The molecule has 0 saturated carbocycles. The molecular formula is C14H19N3O2S2. The van der Waals surface area contributed by atoms with E-state index in [-0.39, 0.29) is 4.90 Å². The number of sulfonamides is 1. The van der Waals surface area contributed by atoms with E-state index >= 15 is 0 Å². The van der Waals surface area contributed by atoms with E-state index in [9.17, 15) is 8.42 Å². The lowest BCUT2D eigenvalue weighted by Crippen LogP contribution is -2.21. The molecule has 0 aromatic carbocycles. The van der Waals surface area contributed by atoms with E-state index in [2.05, 4.69) is 28.9 Å². The zero-order valence-corrected chi connectivity index (χ0v) is 13.9. The number of hydrogen-bond donors (Lipinski definition) is 2. The summed E-state index contributed by atoms with van der Waals surface area (Å²) in [5.74, 6) is 0. The van der Waals surface area contributed by atoms with Crippen LogP contribution < -0.4 is 10.0 Å².